The van der Waals surface area contributed by atoms with Crippen LogP contribution in [0.1, 0.15) is 16.1 Å². The van der Waals surface area contributed by atoms with E-state index < -0.39 is 0 Å². The first-order valence-electron chi connectivity index (χ1n) is 5.21. The highest BCUT2D eigenvalue weighted by Crippen LogP contribution is 2.23. The average Bonchev–Trinajstić information content (AvgIpc) is 2.76. The molecule has 0 bridgehead atoms. The normalized spacial score (nSPS) is 14.9. The fraction of sp³-hybridized carbons (Fsp3) is 0.167. The third-order valence-corrected chi connectivity index (χ3v) is 2.78. The van der Waals surface area contributed by atoms with E-state index in [4.69, 9.17) is 0 Å². The Hall–Kier alpha value is -1.94. The van der Waals surface area contributed by atoms with Crippen molar-refractivity contribution in [3.63, 3.8) is 0 Å². The van der Waals surface area contributed by atoms with E-state index in [1.54, 1.807) is 12.4 Å². The summed E-state index contributed by atoms with van der Waals surface area (Å²) in [6, 6.07) is 5.78. The summed E-state index contributed by atoms with van der Waals surface area (Å²) in [4.78, 5) is 18.9. The summed E-state index contributed by atoms with van der Waals surface area (Å²) in [5, 5.41) is 3.06. The fourth-order valence-electron chi connectivity index (χ4n) is 1.97. The number of pyridine rings is 1. The van der Waals surface area contributed by atoms with Crippen LogP contribution in [0.25, 0.3) is 11.3 Å². The van der Waals surface area contributed by atoms with Gasteiger partial charge in [0.05, 0.1) is 6.54 Å². The maximum Gasteiger partial charge on any atom is 0.178 e. The van der Waals surface area contributed by atoms with E-state index in [2.05, 4.69) is 15.3 Å². The largest absolute Gasteiger partial charge is 0.357 e. The predicted molar refractivity (Wildman–Crippen MR) is 60.1 cm³/mol. The highest BCUT2D eigenvalue weighted by molar-refractivity contribution is 6.00. The molecule has 16 heavy (non-hydrogen) atoms. The van der Waals surface area contributed by atoms with Crippen molar-refractivity contribution in [1.82, 2.24) is 15.3 Å². The summed E-state index contributed by atoms with van der Waals surface area (Å²) in [6.45, 7) is 1.16. The number of carbonyl (C=O) groups excluding carboxylic acids is 1. The van der Waals surface area contributed by atoms with Crippen LogP contribution in [0.4, 0.5) is 0 Å². The molecular weight excluding hydrogens is 202 g/mol. The van der Waals surface area contributed by atoms with Crippen LogP contribution in [-0.4, -0.2) is 22.3 Å². The van der Waals surface area contributed by atoms with E-state index >= 15 is 0 Å². The Kier molecular flexibility index (Phi) is 2.08. The lowest BCUT2D eigenvalue weighted by molar-refractivity contribution is 0.0982. The number of ketones is 1. The van der Waals surface area contributed by atoms with Gasteiger partial charge < -0.3 is 10.3 Å². The van der Waals surface area contributed by atoms with Gasteiger partial charge in [-0.1, -0.05) is 0 Å². The standard InChI is InChI=1S/C12H11N3O/c16-12-7-14-6-11-9(12)5-10(15-11)8-1-3-13-4-2-8/h1-5,14-15H,6-7H2. The molecule has 2 N–H and O–H groups in total. The number of Topliss-reactive ketones (excluding diaryl/α,β-unsaturated/α-hetero) is 1. The van der Waals surface area contributed by atoms with Gasteiger partial charge in [-0.05, 0) is 18.2 Å². The quantitative estimate of drug-likeness (QED) is 0.752. The van der Waals surface area contributed by atoms with Crippen LogP contribution in [0.2, 0.25) is 0 Å². The van der Waals surface area contributed by atoms with E-state index in [-0.39, 0.29) is 5.78 Å². The summed E-state index contributed by atoms with van der Waals surface area (Å²) in [5.74, 6) is 0.151. The molecule has 1 aliphatic rings. The number of carbonyl (C=O) groups is 1. The van der Waals surface area contributed by atoms with Crippen LogP contribution >= 0.6 is 0 Å². The van der Waals surface area contributed by atoms with Gasteiger partial charge in [0.1, 0.15) is 0 Å². The van der Waals surface area contributed by atoms with Crippen molar-refractivity contribution in [2.45, 2.75) is 6.54 Å². The number of H-pyrrole nitrogens is 1. The minimum Gasteiger partial charge on any atom is -0.357 e. The number of nitrogens with one attached hydrogen (secondary N) is 2. The lowest BCUT2D eigenvalue weighted by Crippen LogP contribution is -2.29. The van der Waals surface area contributed by atoms with E-state index in [9.17, 15) is 4.79 Å². The fourth-order valence-corrected chi connectivity index (χ4v) is 1.97. The van der Waals surface area contributed by atoms with Crippen LogP contribution < -0.4 is 5.32 Å². The molecule has 3 heterocycles. The number of aromatic nitrogens is 2. The Labute approximate surface area is 92.7 Å². The zero-order valence-corrected chi connectivity index (χ0v) is 8.66. The Morgan fingerprint density at radius 1 is 1.19 bits per heavy atom. The Morgan fingerprint density at radius 3 is 2.75 bits per heavy atom. The Morgan fingerprint density at radius 2 is 2.00 bits per heavy atom. The zero-order valence-electron chi connectivity index (χ0n) is 8.66. The van der Waals surface area contributed by atoms with Gasteiger partial charge in [-0.15, -0.1) is 0 Å². The van der Waals surface area contributed by atoms with Gasteiger partial charge in [0.2, 0.25) is 0 Å². The van der Waals surface area contributed by atoms with Gasteiger partial charge in [-0.2, -0.15) is 0 Å². The number of fused-ring (bicyclic) bond motifs is 1. The smallest absolute Gasteiger partial charge is 0.178 e. The van der Waals surface area contributed by atoms with E-state index in [1.165, 1.54) is 0 Å². The summed E-state index contributed by atoms with van der Waals surface area (Å²) in [5.41, 5.74) is 3.82. The topological polar surface area (TPSA) is 57.8 Å². The predicted octanol–water partition coefficient (Wildman–Crippen LogP) is 1.36. The van der Waals surface area contributed by atoms with Crippen LogP contribution in [0.3, 0.4) is 0 Å². The Balaban J connectivity index is 2.08. The number of hydrogen-bond acceptors (Lipinski definition) is 3. The first kappa shape index (κ1) is 9.30. The van der Waals surface area contributed by atoms with E-state index in [1.807, 2.05) is 18.2 Å². The first-order valence-corrected chi connectivity index (χ1v) is 5.21. The molecule has 0 aromatic carbocycles. The number of aromatic amines is 1. The van der Waals surface area contributed by atoms with Gasteiger partial charge in [0, 0.05) is 41.5 Å². The highest BCUT2D eigenvalue weighted by atomic mass is 16.1. The third kappa shape index (κ3) is 1.44. The zero-order chi connectivity index (χ0) is 11.0. The first-order chi connectivity index (χ1) is 7.84. The molecule has 4 heteroatoms. The molecule has 0 unspecified atom stereocenters. The summed E-state index contributed by atoms with van der Waals surface area (Å²) < 4.78 is 0. The van der Waals surface area contributed by atoms with Crippen molar-refractivity contribution in [2.24, 2.45) is 0 Å². The van der Waals surface area contributed by atoms with E-state index in [0.717, 1.165) is 29.1 Å². The minimum atomic E-state index is 0.151. The molecule has 0 atom stereocenters. The maximum absolute atomic E-state index is 11.6. The monoisotopic (exact) mass is 213 g/mol. The summed E-state index contributed by atoms with van der Waals surface area (Å²) in [6.07, 6.45) is 3.49. The molecular formula is C12H11N3O. The SMILES string of the molecule is O=C1CNCc2[nH]c(-c3ccncc3)cc21. The molecule has 0 saturated heterocycles. The molecule has 1 aliphatic heterocycles. The second-order valence-electron chi connectivity index (χ2n) is 3.84. The molecule has 4 nitrogen and oxygen atoms in total. The van der Waals surface area contributed by atoms with Crippen LogP contribution in [0.5, 0.6) is 0 Å². The van der Waals surface area contributed by atoms with Crippen LogP contribution in [-0.2, 0) is 6.54 Å². The second kappa shape index (κ2) is 3.57. The maximum atomic E-state index is 11.6. The summed E-state index contributed by atoms with van der Waals surface area (Å²) in [7, 11) is 0. The molecule has 2 aromatic rings. The molecule has 3 rings (SSSR count). The number of nitrogens with zero attached hydrogens (tertiary/aromatic N) is 1. The minimum absolute atomic E-state index is 0.151. The van der Waals surface area contributed by atoms with Gasteiger partial charge >= 0.3 is 0 Å². The van der Waals surface area contributed by atoms with Crippen LogP contribution in [0.15, 0.2) is 30.6 Å². The molecule has 80 valence electrons. The van der Waals surface area contributed by atoms with Crippen LogP contribution in [0, 0.1) is 0 Å². The highest BCUT2D eigenvalue weighted by Gasteiger charge is 2.19. The second-order valence-corrected chi connectivity index (χ2v) is 3.84. The van der Waals surface area contributed by atoms with Crippen molar-refractivity contribution in [3.8, 4) is 11.3 Å². The molecule has 0 amide bonds. The third-order valence-electron chi connectivity index (χ3n) is 2.78. The van der Waals surface area contributed by atoms with E-state index in [0.29, 0.717) is 6.54 Å². The average molecular weight is 213 g/mol. The van der Waals surface area contributed by atoms with Crippen molar-refractivity contribution in [1.29, 1.82) is 0 Å². The van der Waals surface area contributed by atoms with Crippen molar-refractivity contribution in [3.05, 3.63) is 41.9 Å². The number of hydrogen-bond donors (Lipinski definition) is 2. The Bertz CT molecular complexity index is 530. The summed E-state index contributed by atoms with van der Waals surface area (Å²) >= 11 is 0. The lowest BCUT2D eigenvalue weighted by atomic mass is 10.1. The van der Waals surface area contributed by atoms with Gasteiger partial charge in [-0.25, -0.2) is 0 Å². The van der Waals surface area contributed by atoms with Crippen molar-refractivity contribution >= 4 is 5.78 Å². The lowest BCUT2D eigenvalue weighted by Gasteiger charge is -2.10. The van der Waals surface area contributed by atoms with Gasteiger partial charge in [0.15, 0.2) is 5.78 Å². The molecule has 0 spiro atoms. The van der Waals surface area contributed by atoms with Gasteiger partial charge in [-0.3, -0.25) is 9.78 Å². The molecule has 0 radical (unpaired) electrons. The molecule has 2 aromatic heterocycles. The van der Waals surface area contributed by atoms with Crippen molar-refractivity contribution in [2.75, 3.05) is 6.54 Å². The molecule has 0 aliphatic carbocycles. The van der Waals surface area contributed by atoms with Crippen molar-refractivity contribution < 1.29 is 4.79 Å². The molecule has 0 fully saturated rings. The molecule has 0 saturated carbocycles. The number of rotatable bonds is 1. The van der Waals surface area contributed by atoms with Gasteiger partial charge in [0.25, 0.3) is 0 Å².